The maximum absolute atomic E-state index is 11.0. The summed E-state index contributed by atoms with van der Waals surface area (Å²) in [6.07, 6.45) is 5.19. The Hall–Kier alpha value is -1.58. The smallest absolute Gasteiger partial charge is 0.354 e. The van der Waals surface area contributed by atoms with Crippen LogP contribution < -0.4 is 4.74 Å². The zero-order valence-electron chi connectivity index (χ0n) is 12.2. The SMILES string of the molecule is CC1(C)C2CCC1(C)C(Oc1ccnc(C(=O)O)c1)C2. The minimum atomic E-state index is -1.02. The highest BCUT2D eigenvalue weighted by Gasteiger charge is 2.62. The van der Waals surface area contributed by atoms with Crippen molar-refractivity contribution in [3.63, 3.8) is 0 Å². The van der Waals surface area contributed by atoms with Crippen molar-refractivity contribution in [3.8, 4) is 5.75 Å². The summed E-state index contributed by atoms with van der Waals surface area (Å²) in [5, 5.41) is 8.99. The summed E-state index contributed by atoms with van der Waals surface area (Å²) in [4.78, 5) is 14.8. The molecule has 4 heteroatoms. The summed E-state index contributed by atoms with van der Waals surface area (Å²) in [7, 11) is 0. The third-order valence-electron chi connectivity index (χ3n) is 5.94. The molecule has 0 aromatic carbocycles. The summed E-state index contributed by atoms with van der Waals surface area (Å²) in [6.45, 7) is 6.98. The highest BCUT2D eigenvalue weighted by Crippen LogP contribution is 2.66. The second-order valence-electron chi connectivity index (χ2n) is 6.90. The van der Waals surface area contributed by atoms with E-state index >= 15 is 0 Å². The predicted molar refractivity (Wildman–Crippen MR) is 74.8 cm³/mol. The van der Waals surface area contributed by atoms with Crippen molar-refractivity contribution in [1.29, 1.82) is 0 Å². The van der Waals surface area contributed by atoms with Crippen LogP contribution in [0.2, 0.25) is 0 Å². The molecule has 1 N–H and O–H groups in total. The number of hydrogen-bond acceptors (Lipinski definition) is 3. The molecule has 2 bridgehead atoms. The summed E-state index contributed by atoms with van der Waals surface area (Å²) in [5.41, 5.74) is 0.500. The Bertz CT molecular complexity index is 554. The minimum absolute atomic E-state index is 0.0371. The molecule has 108 valence electrons. The first-order chi connectivity index (χ1) is 9.34. The number of rotatable bonds is 3. The molecule has 0 radical (unpaired) electrons. The molecular formula is C16H21NO3. The number of pyridine rings is 1. The first-order valence-corrected chi connectivity index (χ1v) is 7.20. The third kappa shape index (κ3) is 1.74. The first-order valence-electron chi connectivity index (χ1n) is 7.20. The highest BCUT2D eigenvalue weighted by atomic mass is 16.5. The van der Waals surface area contributed by atoms with Gasteiger partial charge in [0.1, 0.15) is 11.9 Å². The Labute approximate surface area is 119 Å². The number of carbonyl (C=O) groups is 1. The summed E-state index contributed by atoms with van der Waals surface area (Å²) >= 11 is 0. The maximum Gasteiger partial charge on any atom is 0.354 e. The standard InChI is InChI=1S/C16H21NO3/c1-15(2)10-4-6-16(15,3)13(8-10)20-11-5-7-17-12(9-11)14(18)19/h5,7,9-10,13H,4,6,8H2,1-3H3,(H,18,19). The molecule has 1 aromatic heterocycles. The van der Waals surface area contributed by atoms with Gasteiger partial charge in [-0.25, -0.2) is 9.78 Å². The lowest BCUT2D eigenvalue weighted by molar-refractivity contribution is 0.0299. The van der Waals surface area contributed by atoms with Crippen LogP contribution in [0.1, 0.15) is 50.5 Å². The minimum Gasteiger partial charge on any atom is -0.490 e. The number of aromatic carboxylic acids is 1. The van der Waals surface area contributed by atoms with Crippen LogP contribution in [-0.2, 0) is 0 Å². The molecule has 0 aliphatic heterocycles. The second-order valence-corrected chi connectivity index (χ2v) is 6.90. The summed E-state index contributed by atoms with van der Waals surface area (Å²) in [6, 6.07) is 3.26. The van der Waals surface area contributed by atoms with E-state index in [9.17, 15) is 4.79 Å². The van der Waals surface area contributed by atoms with Gasteiger partial charge in [-0.15, -0.1) is 0 Å². The van der Waals surface area contributed by atoms with Crippen molar-refractivity contribution in [2.45, 2.75) is 46.1 Å². The average molecular weight is 275 g/mol. The van der Waals surface area contributed by atoms with E-state index in [4.69, 9.17) is 9.84 Å². The lowest BCUT2D eigenvalue weighted by Gasteiger charge is -2.38. The Kier molecular flexibility index (Phi) is 2.82. The lowest BCUT2D eigenvalue weighted by atomic mass is 9.70. The maximum atomic E-state index is 11.0. The Morgan fingerprint density at radius 2 is 2.20 bits per heavy atom. The van der Waals surface area contributed by atoms with Gasteiger partial charge in [-0.1, -0.05) is 20.8 Å². The summed E-state index contributed by atoms with van der Waals surface area (Å²) in [5.74, 6) is 0.306. The van der Waals surface area contributed by atoms with Crippen LogP contribution in [0.25, 0.3) is 0 Å². The molecule has 2 fully saturated rings. The fraction of sp³-hybridized carbons (Fsp3) is 0.625. The van der Waals surface area contributed by atoms with Crippen molar-refractivity contribution >= 4 is 5.97 Å². The van der Waals surface area contributed by atoms with Crippen molar-refractivity contribution in [2.75, 3.05) is 0 Å². The second kappa shape index (κ2) is 4.21. The molecular weight excluding hydrogens is 254 g/mol. The van der Waals surface area contributed by atoms with Crippen LogP contribution in [0.3, 0.4) is 0 Å². The van der Waals surface area contributed by atoms with Gasteiger partial charge in [0.2, 0.25) is 0 Å². The molecule has 2 aliphatic rings. The first kappa shape index (κ1) is 13.4. The third-order valence-corrected chi connectivity index (χ3v) is 5.94. The number of aromatic nitrogens is 1. The topological polar surface area (TPSA) is 59.4 Å². The van der Waals surface area contributed by atoms with Gasteiger partial charge >= 0.3 is 5.97 Å². The average Bonchev–Trinajstić information content (AvgIpc) is 2.72. The van der Waals surface area contributed by atoms with Crippen molar-refractivity contribution in [3.05, 3.63) is 24.0 Å². The van der Waals surface area contributed by atoms with E-state index < -0.39 is 5.97 Å². The number of nitrogens with zero attached hydrogens (tertiary/aromatic N) is 1. The van der Waals surface area contributed by atoms with Crippen LogP contribution in [0, 0.1) is 16.7 Å². The van der Waals surface area contributed by atoms with Gasteiger partial charge in [-0.3, -0.25) is 0 Å². The van der Waals surface area contributed by atoms with Gasteiger partial charge in [-0.05, 0) is 36.7 Å². The molecule has 2 aliphatic carbocycles. The number of carboxylic acids is 1. The number of carboxylic acid groups (broad SMARTS) is 1. The van der Waals surface area contributed by atoms with E-state index in [1.54, 1.807) is 6.07 Å². The molecule has 1 heterocycles. The zero-order chi connectivity index (χ0) is 14.5. The molecule has 0 spiro atoms. The molecule has 2 saturated carbocycles. The monoisotopic (exact) mass is 275 g/mol. The largest absolute Gasteiger partial charge is 0.490 e. The Morgan fingerprint density at radius 3 is 2.75 bits per heavy atom. The van der Waals surface area contributed by atoms with Gasteiger partial charge in [-0.2, -0.15) is 0 Å². The van der Waals surface area contributed by atoms with E-state index in [-0.39, 0.29) is 17.2 Å². The van der Waals surface area contributed by atoms with Crippen molar-refractivity contribution in [1.82, 2.24) is 4.98 Å². The number of hydrogen-bond donors (Lipinski definition) is 1. The number of fused-ring (bicyclic) bond motifs is 2. The van der Waals surface area contributed by atoms with Gasteiger partial charge in [0, 0.05) is 17.7 Å². The summed E-state index contributed by atoms with van der Waals surface area (Å²) < 4.78 is 6.14. The van der Waals surface area contributed by atoms with E-state index in [1.165, 1.54) is 25.1 Å². The number of ether oxygens (including phenoxy) is 1. The highest BCUT2D eigenvalue weighted by molar-refractivity contribution is 5.85. The zero-order valence-corrected chi connectivity index (χ0v) is 12.2. The van der Waals surface area contributed by atoms with E-state index in [2.05, 4.69) is 25.8 Å². The Balaban J connectivity index is 1.83. The molecule has 3 unspecified atom stereocenters. The molecule has 0 saturated heterocycles. The van der Waals surface area contributed by atoms with Crippen LogP contribution in [0.15, 0.2) is 18.3 Å². The molecule has 1 aromatic rings. The molecule has 3 atom stereocenters. The molecule has 3 rings (SSSR count). The predicted octanol–water partition coefficient (Wildman–Crippen LogP) is 3.37. The van der Waals surface area contributed by atoms with Gasteiger partial charge in [0.05, 0.1) is 0 Å². The van der Waals surface area contributed by atoms with Crippen LogP contribution in [0.4, 0.5) is 0 Å². The lowest BCUT2D eigenvalue weighted by Crippen LogP contribution is -2.38. The fourth-order valence-corrected chi connectivity index (χ4v) is 4.07. The van der Waals surface area contributed by atoms with Crippen molar-refractivity contribution in [2.24, 2.45) is 16.7 Å². The van der Waals surface area contributed by atoms with Gasteiger partial charge in [0.25, 0.3) is 0 Å². The van der Waals surface area contributed by atoms with Crippen LogP contribution in [0.5, 0.6) is 5.75 Å². The molecule has 0 amide bonds. The van der Waals surface area contributed by atoms with Gasteiger partial charge < -0.3 is 9.84 Å². The van der Waals surface area contributed by atoms with Crippen LogP contribution in [-0.4, -0.2) is 22.2 Å². The van der Waals surface area contributed by atoms with Gasteiger partial charge in [0.15, 0.2) is 5.69 Å². The normalized spacial score (nSPS) is 34.1. The van der Waals surface area contributed by atoms with Crippen molar-refractivity contribution < 1.29 is 14.6 Å². The fourth-order valence-electron chi connectivity index (χ4n) is 4.07. The van der Waals surface area contributed by atoms with Crippen LogP contribution >= 0.6 is 0 Å². The quantitative estimate of drug-likeness (QED) is 0.918. The van der Waals surface area contributed by atoms with E-state index in [0.717, 1.165) is 6.42 Å². The van der Waals surface area contributed by atoms with E-state index in [1.807, 2.05) is 0 Å². The van der Waals surface area contributed by atoms with E-state index in [0.29, 0.717) is 17.1 Å². The Morgan fingerprint density at radius 1 is 1.45 bits per heavy atom. The molecule has 4 nitrogen and oxygen atoms in total. The molecule has 20 heavy (non-hydrogen) atoms.